The third-order valence-corrected chi connectivity index (χ3v) is 1.90. The Morgan fingerprint density at radius 3 is 2.43 bits per heavy atom. The molecule has 14 heavy (non-hydrogen) atoms. The summed E-state index contributed by atoms with van der Waals surface area (Å²) in [6.45, 7) is 1.85. The molecule has 1 aromatic rings. The highest BCUT2D eigenvalue weighted by molar-refractivity contribution is 5.90. The lowest BCUT2D eigenvalue weighted by Crippen LogP contribution is -1.95. The second kappa shape index (κ2) is 4.46. The predicted molar refractivity (Wildman–Crippen MR) is 56.5 cm³/mol. The minimum absolute atomic E-state index is 0.348. The molecule has 74 valence electrons. The van der Waals surface area contributed by atoms with Crippen molar-refractivity contribution in [2.45, 2.75) is 6.92 Å². The minimum atomic E-state index is -0.348. The first kappa shape index (κ1) is 10.3. The van der Waals surface area contributed by atoms with Crippen LogP contribution >= 0.6 is 0 Å². The van der Waals surface area contributed by atoms with Gasteiger partial charge in [-0.15, -0.1) is 0 Å². The molecule has 0 saturated heterocycles. The number of anilines is 1. The van der Waals surface area contributed by atoms with Crippen molar-refractivity contribution in [3.63, 3.8) is 0 Å². The maximum atomic E-state index is 10.9. The molecule has 2 N–H and O–H groups in total. The molecule has 0 saturated carbocycles. The standard InChI is InChI=1S/C11H13NO2/c1-8(7-11(13)14-2)9-3-5-10(12)6-4-9/h3-7H,12H2,1-2H3/b8-7+. The molecule has 3 heteroatoms. The molecule has 0 aliphatic carbocycles. The van der Waals surface area contributed by atoms with Crippen LogP contribution in [0.25, 0.3) is 5.57 Å². The zero-order valence-electron chi connectivity index (χ0n) is 8.28. The first-order valence-electron chi connectivity index (χ1n) is 4.25. The van der Waals surface area contributed by atoms with E-state index in [9.17, 15) is 4.79 Å². The Kier molecular flexibility index (Phi) is 3.29. The number of hydrogen-bond acceptors (Lipinski definition) is 3. The smallest absolute Gasteiger partial charge is 0.330 e. The average Bonchev–Trinajstić information content (AvgIpc) is 2.18. The number of ether oxygens (including phenoxy) is 1. The Balaban J connectivity index is 2.89. The van der Waals surface area contributed by atoms with E-state index in [4.69, 9.17) is 5.73 Å². The van der Waals surface area contributed by atoms with Gasteiger partial charge in [-0.2, -0.15) is 0 Å². The molecular weight excluding hydrogens is 178 g/mol. The number of nitrogen functional groups attached to an aromatic ring is 1. The summed E-state index contributed by atoms with van der Waals surface area (Å²) in [4.78, 5) is 10.9. The highest BCUT2D eigenvalue weighted by Gasteiger charge is 1.99. The number of methoxy groups -OCH3 is 1. The monoisotopic (exact) mass is 191 g/mol. The summed E-state index contributed by atoms with van der Waals surface area (Å²) < 4.78 is 4.53. The number of allylic oxidation sites excluding steroid dienone is 1. The van der Waals surface area contributed by atoms with Gasteiger partial charge >= 0.3 is 5.97 Å². The van der Waals surface area contributed by atoms with Crippen molar-refractivity contribution in [1.29, 1.82) is 0 Å². The first-order valence-corrected chi connectivity index (χ1v) is 4.25. The number of carbonyl (C=O) groups is 1. The molecule has 3 nitrogen and oxygen atoms in total. The van der Waals surface area contributed by atoms with E-state index in [-0.39, 0.29) is 5.97 Å². The van der Waals surface area contributed by atoms with E-state index in [2.05, 4.69) is 4.74 Å². The molecule has 0 aliphatic heterocycles. The van der Waals surface area contributed by atoms with Crippen LogP contribution in [0.2, 0.25) is 0 Å². The highest BCUT2D eigenvalue weighted by atomic mass is 16.5. The van der Waals surface area contributed by atoms with E-state index >= 15 is 0 Å². The lowest BCUT2D eigenvalue weighted by atomic mass is 10.1. The van der Waals surface area contributed by atoms with Gasteiger partial charge in [0, 0.05) is 11.8 Å². The van der Waals surface area contributed by atoms with Gasteiger partial charge in [0.2, 0.25) is 0 Å². The molecular formula is C11H13NO2. The van der Waals surface area contributed by atoms with Crippen molar-refractivity contribution in [3.05, 3.63) is 35.9 Å². The van der Waals surface area contributed by atoms with Gasteiger partial charge in [0.1, 0.15) is 0 Å². The Hall–Kier alpha value is -1.77. The molecule has 0 radical (unpaired) electrons. The van der Waals surface area contributed by atoms with E-state index in [0.29, 0.717) is 5.69 Å². The van der Waals surface area contributed by atoms with E-state index in [0.717, 1.165) is 11.1 Å². The van der Waals surface area contributed by atoms with Crippen LogP contribution in [0.15, 0.2) is 30.3 Å². The van der Waals surface area contributed by atoms with Crippen LogP contribution in [0.5, 0.6) is 0 Å². The minimum Gasteiger partial charge on any atom is -0.466 e. The maximum absolute atomic E-state index is 10.9. The van der Waals surface area contributed by atoms with Crippen molar-refractivity contribution < 1.29 is 9.53 Å². The Labute approximate surface area is 83.2 Å². The summed E-state index contributed by atoms with van der Waals surface area (Å²) in [7, 11) is 1.36. The molecule has 0 atom stereocenters. The lowest BCUT2D eigenvalue weighted by Gasteiger charge is -2.01. The molecule has 0 amide bonds. The number of rotatable bonds is 2. The van der Waals surface area contributed by atoms with Gasteiger partial charge in [0.15, 0.2) is 0 Å². The van der Waals surface area contributed by atoms with Crippen LogP contribution in [0, 0.1) is 0 Å². The number of carbonyl (C=O) groups excluding carboxylic acids is 1. The normalized spacial score (nSPS) is 11.1. The zero-order chi connectivity index (χ0) is 10.6. The Morgan fingerprint density at radius 1 is 1.36 bits per heavy atom. The van der Waals surface area contributed by atoms with Crippen LogP contribution in [0.3, 0.4) is 0 Å². The zero-order valence-corrected chi connectivity index (χ0v) is 8.28. The van der Waals surface area contributed by atoms with E-state index in [1.54, 1.807) is 12.1 Å². The van der Waals surface area contributed by atoms with Crippen molar-refractivity contribution in [3.8, 4) is 0 Å². The second-order valence-corrected chi connectivity index (χ2v) is 2.97. The first-order chi connectivity index (χ1) is 6.63. The van der Waals surface area contributed by atoms with Crippen LogP contribution < -0.4 is 5.73 Å². The molecule has 0 unspecified atom stereocenters. The molecule has 0 bridgehead atoms. The van der Waals surface area contributed by atoms with E-state index in [1.807, 2.05) is 19.1 Å². The number of benzene rings is 1. The lowest BCUT2D eigenvalue weighted by molar-refractivity contribution is -0.134. The molecule has 1 rings (SSSR count). The molecule has 0 spiro atoms. The fraction of sp³-hybridized carbons (Fsp3) is 0.182. The van der Waals surface area contributed by atoms with Crippen molar-refractivity contribution in [2.24, 2.45) is 0 Å². The predicted octanol–water partition coefficient (Wildman–Crippen LogP) is 1.85. The topological polar surface area (TPSA) is 52.3 Å². The summed E-state index contributed by atoms with van der Waals surface area (Å²) in [6.07, 6.45) is 1.45. The molecule has 0 heterocycles. The maximum Gasteiger partial charge on any atom is 0.330 e. The molecule has 0 aliphatic rings. The van der Waals surface area contributed by atoms with Gasteiger partial charge in [-0.05, 0) is 30.2 Å². The Morgan fingerprint density at radius 2 is 1.93 bits per heavy atom. The second-order valence-electron chi connectivity index (χ2n) is 2.97. The summed E-state index contributed by atoms with van der Waals surface area (Å²) >= 11 is 0. The third-order valence-electron chi connectivity index (χ3n) is 1.90. The van der Waals surface area contributed by atoms with Gasteiger partial charge in [0.25, 0.3) is 0 Å². The van der Waals surface area contributed by atoms with Crippen molar-refractivity contribution in [1.82, 2.24) is 0 Å². The summed E-state index contributed by atoms with van der Waals surface area (Å²) in [5, 5.41) is 0. The quantitative estimate of drug-likeness (QED) is 0.441. The van der Waals surface area contributed by atoms with E-state index in [1.165, 1.54) is 13.2 Å². The average molecular weight is 191 g/mol. The van der Waals surface area contributed by atoms with Crippen molar-refractivity contribution in [2.75, 3.05) is 12.8 Å². The van der Waals surface area contributed by atoms with Gasteiger partial charge in [-0.25, -0.2) is 4.79 Å². The van der Waals surface area contributed by atoms with Gasteiger partial charge in [0.05, 0.1) is 7.11 Å². The van der Waals surface area contributed by atoms with Crippen LogP contribution in [0.1, 0.15) is 12.5 Å². The van der Waals surface area contributed by atoms with Gasteiger partial charge in [-0.3, -0.25) is 0 Å². The van der Waals surface area contributed by atoms with Crippen molar-refractivity contribution >= 4 is 17.2 Å². The summed E-state index contributed by atoms with van der Waals surface area (Å²) in [6, 6.07) is 7.32. The SMILES string of the molecule is COC(=O)/C=C(\C)c1ccc(N)cc1. The van der Waals surface area contributed by atoms with Crippen LogP contribution in [0.4, 0.5) is 5.69 Å². The Bertz CT molecular complexity index is 352. The highest BCUT2D eigenvalue weighted by Crippen LogP contribution is 2.15. The van der Waals surface area contributed by atoms with Crippen LogP contribution in [-0.4, -0.2) is 13.1 Å². The number of nitrogens with two attached hydrogens (primary N) is 1. The molecule has 1 aromatic carbocycles. The summed E-state index contributed by atoms with van der Waals surface area (Å²) in [5.74, 6) is -0.348. The number of hydrogen-bond donors (Lipinski definition) is 1. The van der Waals surface area contributed by atoms with Crippen LogP contribution in [-0.2, 0) is 9.53 Å². The van der Waals surface area contributed by atoms with E-state index < -0.39 is 0 Å². The third kappa shape index (κ3) is 2.62. The fourth-order valence-corrected chi connectivity index (χ4v) is 1.07. The largest absolute Gasteiger partial charge is 0.466 e. The molecule has 0 aromatic heterocycles. The number of esters is 1. The van der Waals surface area contributed by atoms with Gasteiger partial charge in [-0.1, -0.05) is 12.1 Å². The van der Waals surface area contributed by atoms with Gasteiger partial charge < -0.3 is 10.5 Å². The summed E-state index contributed by atoms with van der Waals surface area (Å²) in [5.41, 5.74) is 8.07. The fourth-order valence-electron chi connectivity index (χ4n) is 1.07. The molecule has 0 fully saturated rings.